The maximum atomic E-state index is 12.9. The van der Waals surface area contributed by atoms with Gasteiger partial charge in [0.1, 0.15) is 5.60 Å². The smallest absolute Gasteiger partial charge is 0.410 e. The monoisotopic (exact) mass is 337 g/mol. The molecule has 7 nitrogen and oxygen atoms in total. The minimum atomic E-state index is -0.686. The minimum Gasteiger partial charge on any atom is -0.444 e. The first-order chi connectivity index (χ1) is 11.1. The van der Waals surface area contributed by atoms with E-state index in [-0.39, 0.29) is 18.4 Å². The third-order valence-corrected chi connectivity index (χ3v) is 4.37. The molecule has 0 bridgehead atoms. The van der Waals surface area contributed by atoms with Gasteiger partial charge in [0.05, 0.1) is 12.0 Å². The Morgan fingerprint density at radius 1 is 1.25 bits per heavy atom. The topological polar surface area (TPSA) is 70.2 Å². The highest BCUT2D eigenvalue weighted by Crippen LogP contribution is 2.37. The fraction of sp³-hybridized carbons (Fsp3) is 0.706. The summed E-state index contributed by atoms with van der Waals surface area (Å²) in [5.41, 5.74) is -1.25. The van der Waals surface area contributed by atoms with Crippen LogP contribution in [-0.4, -0.2) is 78.0 Å². The van der Waals surface area contributed by atoms with E-state index in [2.05, 4.69) is 6.58 Å². The van der Waals surface area contributed by atoms with Crippen LogP contribution in [0.4, 0.5) is 4.79 Å². The average Bonchev–Trinajstić information content (AvgIpc) is 2.42. The summed E-state index contributed by atoms with van der Waals surface area (Å²) >= 11 is 0. The summed E-state index contributed by atoms with van der Waals surface area (Å²) in [5, 5.41) is 0. The summed E-state index contributed by atoms with van der Waals surface area (Å²) in [6.07, 6.45) is 1.76. The Hall–Kier alpha value is -2.05. The first-order valence-electron chi connectivity index (χ1n) is 8.20. The van der Waals surface area contributed by atoms with Gasteiger partial charge in [0, 0.05) is 33.2 Å². The molecule has 0 radical (unpaired) electrons. The molecule has 3 amide bonds. The van der Waals surface area contributed by atoms with Crippen molar-refractivity contribution in [3.05, 3.63) is 12.7 Å². The summed E-state index contributed by atoms with van der Waals surface area (Å²) in [4.78, 5) is 41.7. The van der Waals surface area contributed by atoms with Crippen molar-refractivity contribution >= 4 is 17.9 Å². The van der Waals surface area contributed by atoms with Gasteiger partial charge in [-0.1, -0.05) is 6.08 Å². The van der Waals surface area contributed by atoms with Crippen LogP contribution in [0.15, 0.2) is 12.7 Å². The average molecular weight is 337 g/mol. The van der Waals surface area contributed by atoms with Gasteiger partial charge in [-0.05, 0) is 27.2 Å². The van der Waals surface area contributed by atoms with Gasteiger partial charge in [-0.3, -0.25) is 9.59 Å². The maximum absolute atomic E-state index is 12.9. The van der Waals surface area contributed by atoms with Gasteiger partial charge in [-0.25, -0.2) is 4.79 Å². The summed E-state index contributed by atoms with van der Waals surface area (Å²) in [5.74, 6) is -0.143. The van der Waals surface area contributed by atoms with E-state index < -0.39 is 17.1 Å². The van der Waals surface area contributed by atoms with Crippen molar-refractivity contribution in [1.82, 2.24) is 14.7 Å². The highest BCUT2D eigenvalue weighted by Gasteiger charge is 2.53. The molecule has 134 valence electrons. The highest BCUT2D eigenvalue weighted by atomic mass is 16.6. The largest absolute Gasteiger partial charge is 0.444 e. The van der Waals surface area contributed by atoms with Crippen molar-refractivity contribution in [1.29, 1.82) is 0 Å². The maximum Gasteiger partial charge on any atom is 0.410 e. The molecular formula is C17H27N3O4. The van der Waals surface area contributed by atoms with Gasteiger partial charge in [0.15, 0.2) is 0 Å². The molecule has 2 heterocycles. The van der Waals surface area contributed by atoms with Crippen LogP contribution in [0.25, 0.3) is 0 Å². The van der Waals surface area contributed by atoms with Crippen LogP contribution in [0.1, 0.15) is 27.2 Å². The molecule has 0 aromatic rings. The second-order valence-corrected chi connectivity index (χ2v) is 7.65. The van der Waals surface area contributed by atoms with E-state index in [9.17, 15) is 14.4 Å². The number of likely N-dealkylation sites (tertiary alicyclic amines) is 1. The number of allylic oxidation sites excluding steroid dienone is 1. The zero-order chi connectivity index (χ0) is 18.1. The highest BCUT2D eigenvalue weighted by molar-refractivity contribution is 5.91. The number of carbonyl (C=O) groups excluding carboxylic acids is 3. The third-order valence-electron chi connectivity index (χ3n) is 4.37. The van der Waals surface area contributed by atoms with Crippen LogP contribution in [0.5, 0.6) is 0 Å². The predicted octanol–water partition coefficient (Wildman–Crippen LogP) is 1.10. The van der Waals surface area contributed by atoms with Crippen LogP contribution < -0.4 is 0 Å². The number of piperazine rings is 1. The molecule has 2 aliphatic heterocycles. The van der Waals surface area contributed by atoms with E-state index in [1.807, 2.05) is 20.8 Å². The fourth-order valence-corrected chi connectivity index (χ4v) is 3.04. The first kappa shape index (κ1) is 18.3. The van der Waals surface area contributed by atoms with Crippen LogP contribution in [0.2, 0.25) is 0 Å². The van der Waals surface area contributed by atoms with E-state index in [1.54, 1.807) is 22.9 Å². The van der Waals surface area contributed by atoms with Crippen molar-refractivity contribution in [3.63, 3.8) is 0 Å². The van der Waals surface area contributed by atoms with Crippen molar-refractivity contribution in [3.8, 4) is 0 Å². The van der Waals surface area contributed by atoms with E-state index >= 15 is 0 Å². The molecule has 2 fully saturated rings. The van der Waals surface area contributed by atoms with Gasteiger partial charge < -0.3 is 19.4 Å². The number of hydrogen-bond acceptors (Lipinski definition) is 4. The van der Waals surface area contributed by atoms with Crippen molar-refractivity contribution in [2.45, 2.75) is 32.8 Å². The molecule has 0 spiro atoms. The van der Waals surface area contributed by atoms with Gasteiger partial charge in [-0.15, -0.1) is 6.58 Å². The van der Waals surface area contributed by atoms with Gasteiger partial charge in [0.25, 0.3) is 0 Å². The van der Waals surface area contributed by atoms with Crippen LogP contribution in [-0.2, 0) is 14.3 Å². The minimum absolute atomic E-state index is 0.0633. The van der Waals surface area contributed by atoms with Crippen LogP contribution in [0.3, 0.4) is 0 Å². The normalized spacial score (nSPS) is 20.5. The second-order valence-electron chi connectivity index (χ2n) is 7.65. The lowest BCUT2D eigenvalue weighted by molar-refractivity contribution is -0.158. The summed E-state index contributed by atoms with van der Waals surface area (Å²) in [6.45, 7) is 10.9. The van der Waals surface area contributed by atoms with Gasteiger partial charge in [0.2, 0.25) is 11.8 Å². The number of carbonyl (C=O) groups is 3. The van der Waals surface area contributed by atoms with E-state index in [4.69, 9.17) is 4.74 Å². The van der Waals surface area contributed by atoms with E-state index in [0.717, 1.165) is 0 Å². The Balaban J connectivity index is 2.03. The molecule has 0 aromatic carbocycles. The lowest BCUT2D eigenvalue weighted by atomic mass is 9.75. The summed E-state index contributed by atoms with van der Waals surface area (Å²) in [6, 6.07) is 0. The molecular weight excluding hydrogens is 310 g/mol. The van der Waals surface area contributed by atoms with Crippen molar-refractivity contribution in [2.24, 2.45) is 5.41 Å². The van der Waals surface area contributed by atoms with Crippen molar-refractivity contribution in [2.75, 3.05) is 39.8 Å². The van der Waals surface area contributed by atoms with Gasteiger partial charge in [-0.2, -0.15) is 0 Å². The molecule has 0 atom stereocenters. The molecule has 0 aromatic heterocycles. The third kappa shape index (κ3) is 3.71. The van der Waals surface area contributed by atoms with Crippen molar-refractivity contribution < 1.29 is 19.1 Å². The Kier molecular flexibility index (Phi) is 4.92. The van der Waals surface area contributed by atoms with E-state index in [0.29, 0.717) is 32.6 Å². The molecule has 0 N–H and O–H groups in total. The fourth-order valence-electron chi connectivity index (χ4n) is 3.04. The number of ether oxygens (including phenoxy) is 1. The zero-order valence-electron chi connectivity index (χ0n) is 15.0. The molecule has 2 rings (SSSR count). The number of nitrogens with zero attached hydrogens (tertiary/aromatic N) is 3. The Morgan fingerprint density at radius 3 is 2.38 bits per heavy atom. The molecule has 0 saturated carbocycles. The zero-order valence-corrected chi connectivity index (χ0v) is 15.0. The molecule has 24 heavy (non-hydrogen) atoms. The Morgan fingerprint density at radius 2 is 1.88 bits per heavy atom. The van der Waals surface area contributed by atoms with Crippen LogP contribution >= 0.6 is 0 Å². The standard InChI is InChI=1S/C17H27N3O4/c1-6-7-17(11-20(12-17)15(23)24-16(2,3)4)14(22)19-9-8-18(5)13(21)10-19/h6H,1,7-12H2,2-5H3. The predicted molar refractivity (Wildman–Crippen MR) is 89.3 cm³/mol. The number of rotatable bonds is 3. The molecule has 7 heteroatoms. The lowest BCUT2D eigenvalue weighted by Crippen LogP contribution is -2.67. The second kappa shape index (κ2) is 6.45. The number of hydrogen-bond donors (Lipinski definition) is 0. The SMILES string of the molecule is C=CCC1(C(=O)N2CCN(C)C(=O)C2)CN(C(=O)OC(C)(C)C)C1. The molecule has 0 unspecified atom stereocenters. The Bertz CT molecular complexity index is 547. The summed E-state index contributed by atoms with van der Waals surface area (Å²) in [7, 11) is 1.73. The van der Waals surface area contributed by atoms with Crippen LogP contribution in [0, 0.1) is 5.41 Å². The number of likely N-dealkylation sites (N-methyl/N-ethyl adjacent to an activating group) is 1. The molecule has 0 aliphatic carbocycles. The molecule has 2 aliphatic rings. The Labute approximate surface area is 143 Å². The first-order valence-corrected chi connectivity index (χ1v) is 8.20. The molecule has 2 saturated heterocycles. The van der Waals surface area contributed by atoms with E-state index in [1.165, 1.54) is 4.90 Å². The lowest BCUT2D eigenvalue weighted by Gasteiger charge is -2.50. The quantitative estimate of drug-likeness (QED) is 0.723. The number of amides is 3. The van der Waals surface area contributed by atoms with Gasteiger partial charge >= 0.3 is 6.09 Å². The summed E-state index contributed by atoms with van der Waals surface area (Å²) < 4.78 is 5.34.